The molecule has 0 bridgehead atoms. The number of hydrogen-bond acceptors (Lipinski definition) is 0. The summed E-state index contributed by atoms with van der Waals surface area (Å²) >= 11 is 0. The molecule has 0 aromatic heterocycles. The molecule has 0 spiro atoms. The summed E-state index contributed by atoms with van der Waals surface area (Å²) < 4.78 is 0. The van der Waals surface area contributed by atoms with E-state index in [2.05, 4.69) is 71.9 Å². The summed E-state index contributed by atoms with van der Waals surface area (Å²) in [5, 5.41) is 1.79. The van der Waals surface area contributed by atoms with Gasteiger partial charge < -0.3 is 0 Å². The van der Waals surface area contributed by atoms with Crippen molar-refractivity contribution in [1.82, 2.24) is 0 Å². The number of rotatable bonds is 4. The normalized spacial score (nSPS) is 15.3. The van der Waals surface area contributed by atoms with E-state index in [0.29, 0.717) is 0 Å². The van der Waals surface area contributed by atoms with Crippen LogP contribution in [0.4, 0.5) is 0 Å². The first-order valence-electron chi connectivity index (χ1n) is 7.69. The second kappa shape index (κ2) is 5.28. The number of allylic oxidation sites excluding steroid dienone is 1. The van der Waals surface area contributed by atoms with Gasteiger partial charge in [0.25, 0.3) is 0 Å². The second-order valence-corrected chi connectivity index (χ2v) is 12.9. The van der Waals surface area contributed by atoms with Crippen LogP contribution in [0.25, 0.3) is 6.08 Å². The van der Waals surface area contributed by atoms with Gasteiger partial charge in [-0.15, -0.1) is 0 Å². The molecule has 0 unspecified atom stereocenters. The number of fused-ring (bicyclic) bond motifs is 1. The SMILES string of the molecule is CC(C)[Si](C1=Cc2ccccc2C1)(C(C)C)C(C)C. The van der Waals surface area contributed by atoms with E-state index in [1.165, 1.54) is 17.5 Å². The maximum atomic E-state index is 2.53. The molecule has 1 aliphatic carbocycles. The van der Waals surface area contributed by atoms with Crippen molar-refractivity contribution in [2.45, 2.75) is 64.6 Å². The van der Waals surface area contributed by atoms with Gasteiger partial charge in [-0.3, -0.25) is 0 Å². The molecule has 1 aliphatic rings. The van der Waals surface area contributed by atoms with Gasteiger partial charge in [-0.05, 0) is 34.2 Å². The predicted octanol–water partition coefficient (Wildman–Crippen LogP) is 5.84. The van der Waals surface area contributed by atoms with Crippen molar-refractivity contribution in [3.63, 3.8) is 0 Å². The Bertz CT molecular complexity index is 458. The van der Waals surface area contributed by atoms with Crippen molar-refractivity contribution in [2.75, 3.05) is 0 Å². The zero-order valence-electron chi connectivity index (χ0n) is 13.3. The average Bonchev–Trinajstić information content (AvgIpc) is 2.71. The zero-order valence-corrected chi connectivity index (χ0v) is 14.3. The Hall–Kier alpha value is -0.823. The molecule has 19 heavy (non-hydrogen) atoms. The Labute approximate surface area is 119 Å². The molecule has 0 N–H and O–H groups in total. The van der Waals surface area contributed by atoms with Crippen molar-refractivity contribution in [3.05, 3.63) is 40.6 Å². The number of benzene rings is 1. The smallest absolute Gasteiger partial charge is 0.0746 e. The van der Waals surface area contributed by atoms with Gasteiger partial charge >= 0.3 is 0 Å². The monoisotopic (exact) mass is 272 g/mol. The maximum Gasteiger partial charge on any atom is 0.0895 e. The molecular weight excluding hydrogens is 244 g/mol. The van der Waals surface area contributed by atoms with Crippen LogP contribution in [0.2, 0.25) is 16.6 Å². The molecule has 2 rings (SSSR count). The van der Waals surface area contributed by atoms with Crippen LogP contribution in [-0.4, -0.2) is 8.07 Å². The van der Waals surface area contributed by atoms with E-state index in [4.69, 9.17) is 0 Å². The van der Waals surface area contributed by atoms with E-state index in [0.717, 1.165) is 16.6 Å². The van der Waals surface area contributed by atoms with Gasteiger partial charge in [-0.25, -0.2) is 0 Å². The lowest BCUT2D eigenvalue weighted by Crippen LogP contribution is -2.46. The van der Waals surface area contributed by atoms with Crippen LogP contribution in [-0.2, 0) is 6.42 Å². The first-order valence-corrected chi connectivity index (χ1v) is 9.92. The van der Waals surface area contributed by atoms with E-state index in [1.807, 2.05) is 0 Å². The van der Waals surface area contributed by atoms with Gasteiger partial charge in [0.2, 0.25) is 0 Å². The highest BCUT2D eigenvalue weighted by Crippen LogP contribution is 2.49. The zero-order chi connectivity index (χ0) is 14.2. The molecule has 0 saturated carbocycles. The molecule has 1 heteroatoms. The second-order valence-electron chi connectivity index (χ2n) is 6.94. The molecule has 104 valence electrons. The minimum atomic E-state index is -1.43. The lowest BCUT2D eigenvalue weighted by Gasteiger charge is -2.44. The first-order chi connectivity index (χ1) is 8.90. The summed E-state index contributed by atoms with van der Waals surface area (Å²) in [4.78, 5) is 0. The fourth-order valence-electron chi connectivity index (χ4n) is 4.67. The molecule has 0 amide bonds. The third-order valence-electron chi connectivity index (χ3n) is 5.19. The summed E-state index contributed by atoms with van der Waals surface area (Å²) in [6.45, 7) is 14.7. The Morgan fingerprint density at radius 1 is 0.842 bits per heavy atom. The van der Waals surface area contributed by atoms with Crippen LogP contribution in [0, 0.1) is 0 Å². The first kappa shape index (κ1) is 14.6. The van der Waals surface area contributed by atoms with Crippen molar-refractivity contribution < 1.29 is 0 Å². The number of hydrogen-bond donors (Lipinski definition) is 0. The van der Waals surface area contributed by atoms with Gasteiger partial charge in [0.1, 0.15) is 0 Å². The van der Waals surface area contributed by atoms with Crippen LogP contribution in [0.15, 0.2) is 29.5 Å². The van der Waals surface area contributed by atoms with E-state index >= 15 is 0 Å². The maximum absolute atomic E-state index is 2.53. The van der Waals surface area contributed by atoms with Crippen molar-refractivity contribution in [3.8, 4) is 0 Å². The molecule has 0 heterocycles. The highest BCUT2D eigenvalue weighted by molar-refractivity contribution is 6.90. The lowest BCUT2D eigenvalue weighted by molar-refractivity contribution is 0.820. The minimum Gasteiger partial charge on any atom is -0.0746 e. The molecule has 0 radical (unpaired) electrons. The molecule has 0 atom stereocenters. The van der Waals surface area contributed by atoms with E-state index in [-0.39, 0.29) is 0 Å². The molecule has 1 aromatic carbocycles. The summed E-state index contributed by atoms with van der Waals surface area (Å²) in [5.74, 6) is 0. The Morgan fingerprint density at radius 3 is 1.84 bits per heavy atom. The molecule has 0 nitrogen and oxygen atoms in total. The lowest BCUT2D eigenvalue weighted by atomic mass is 10.1. The van der Waals surface area contributed by atoms with Gasteiger partial charge in [-0.1, -0.05) is 77.1 Å². The standard InChI is InChI=1S/C18H28Si/c1-13(2)19(14(3)4,15(5)6)18-11-16-9-7-8-10-17(16)12-18/h7-11,13-15H,12H2,1-6H3. The fraction of sp³-hybridized carbons (Fsp3) is 0.556. The minimum absolute atomic E-state index is 0.813. The van der Waals surface area contributed by atoms with Crippen LogP contribution in [0.1, 0.15) is 52.7 Å². The van der Waals surface area contributed by atoms with Crippen molar-refractivity contribution in [2.24, 2.45) is 0 Å². The summed E-state index contributed by atoms with van der Waals surface area (Å²) in [6.07, 6.45) is 3.73. The largest absolute Gasteiger partial charge is 0.0895 e. The Morgan fingerprint density at radius 2 is 1.37 bits per heavy atom. The van der Waals surface area contributed by atoms with E-state index in [9.17, 15) is 0 Å². The van der Waals surface area contributed by atoms with E-state index in [1.54, 1.807) is 5.20 Å². The fourth-order valence-corrected chi connectivity index (χ4v) is 11.8. The third kappa shape index (κ3) is 2.22. The van der Waals surface area contributed by atoms with Gasteiger partial charge in [0, 0.05) is 0 Å². The Balaban J connectivity index is 2.49. The van der Waals surface area contributed by atoms with Crippen LogP contribution >= 0.6 is 0 Å². The quantitative estimate of drug-likeness (QED) is 0.604. The van der Waals surface area contributed by atoms with Gasteiger partial charge in [-0.2, -0.15) is 0 Å². The van der Waals surface area contributed by atoms with Crippen LogP contribution in [0.3, 0.4) is 0 Å². The average molecular weight is 273 g/mol. The molecule has 1 aromatic rings. The third-order valence-corrected chi connectivity index (χ3v) is 12.4. The summed E-state index contributed by atoms with van der Waals surface area (Å²) in [6, 6.07) is 8.93. The van der Waals surface area contributed by atoms with Crippen molar-refractivity contribution in [1.29, 1.82) is 0 Å². The molecule has 0 fully saturated rings. The van der Waals surface area contributed by atoms with E-state index < -0.39 is 8.07 Å². The molecular formula is C18H28Si. The molecule has 0 saturated heterocycles. The van der Waals surface area contributed by atoms with Gasteiger partial charge in [0.15, 0.2) is 0 Å². The summed E-state index contributed by atoms with van der Waals surface area (Å²) in [7, 11) is -1.43. The summed E-state index contributed by atoms with van der Waals surface area (Å²) in [5.41, 5.74) is 5.45. The highest BCUT2D eigenvalue weighted by Gasteiger charge is 2.46. The van der Waals surface area contributed by atoms with Gasteiger partial charge in [0.05, 0.1) is 8.07 Å². The predicted molar refractivity (Wildman–Crippen MR) is 89.2 cm³/mol. The van der Waals surface area contributed by atoms with Crippen molar-refractivity contribution >= 4 is 14.1 Å². The Kier molecular flexibility index (Phi) is 4.05. The topological polar surface area (TPSA) is 0 Å². The highest BCUT2D eigenvalue weighted by atomic mass is 28.3. The molecule has 0 aliphatic heterocycles. The van der Waals surface area contributed by atoms with Crippen LogP contribution < -0.4 is 0 Å². The van der Waals surface area contributed by atoms with Crippen LogP contribution in [0.5, 0.6) is 0 Å².